The predicted octanol–water partition coefficient (Wildman–Crippen LogP) is 1.36. The van der Waals surface area contributed by atoms with Gasteiger partial charge in [0.15, 0.2) is 0 Å². The summed E-state index contributed by atoms with van der Waals surface area (Å²) in [6.07, 6.45) is 1.32. The fourth-order valence-corrected chi connectivity index (χ4v) is 2.00. The van der Waals surface area contributed by atoms with Gasteiger partial charge in [0, 0.05) is 25.8 Å². The molecular formula is C13H20N4O2. The second-order valence-electron chi connectivity index (χ2n) is 5.54. The number of hydrogen-bond acceptors (Lipinski definition) is 5. The highest BCUT2D eigenvalue weighted by atomic mass is 16.6. The third-order valence-electron chi connectivity index (χ3n) is 2.81. The number of rotatable bonds is 1. The van der Waals surface area contributed by atoms with E-state index in [9.17, 15) is 4.79 Å². The SMILES string of the molecule is CC(C)(C)OC(=O)N1CCNCC1c1cccnn1. The predicted molar refractivity (Wildman–Crippen MR) is 70.6 cm³/mol. The number of carbonyl (C=O) groups is 1. The number of amides is 1. The zero-order valence-corrected chi connectivity index (χ0v) is 11.6. The molecule has 0 aromatic carbocycles. The Morgan fingerprint density at radius 3 is 2.95 bits per heavy atom. The first-order chi connectivity index (χ1) is 8.97. The smallest absolute Gasteiger partial charge is 0.410 e. The van der Waals surface area contributed by atoms with Crippen LogP contribution in [0, 0.1) is 0 Å². The van der Waals surface area contributed by atoms with Crippen molar-refractivity contribution in [2.75, 3.05) is 19.6 Å². The summed E-state index contributed by atoms with van der Waals surface area (Å²) in [5.74, 6) is 0. The fourth-order valence-electron chi connectivity index (χ4n) is 2.00. The first-order valence-electron chi connectivity index (χ1n) is 6.45. The lowest BCUT2D eigenvalue weighted by atomic mass is 10.1. The van der Waals surface area contributed by atoms with E-state index in [4.69, 9.17) is 4.74 Å². The van der Waals surface area contributed by atoms with Crippen LogP contribution in [0.15, 0.2) is 18.3 Å². The second kappa shape index (κ2) is 5.52. The molecule has 0 radical (unpaired) electrons. The summed E-state index contributed by atoms with van der Waals surface area (Å²) < 4.78 is 5.44. The van der Waals surface area contributed by atoms with Gasteiger partial charge in [0.2, 0.25) is 0 Å². The highest BCUT2D eigenvalue weighted by Gasteiger charge is 2.32. The minimum Gasteiger partial charge on any atom is -0.444 e. The zero-order valence-electron chi connectivity index (χ0n) is 11.6. The van der Waals surface area contributed by atoms with Crippen LogP contribution >= 0.6 is 0 Å². The Bertz CT molecular complexity index is 430. The topological polar surface area (TPSA) is 67.3 Å². The Morgan fingerprint density at radius 1 is 1.53 bits per heavy atom. The Labute approximate surface area is 113 Å². The number of aromatic nitrogens is 2. The van der Waals surface area contributed by atoms with Crippen molar-refractivity contribution in [1.29, 1.82) is 0 Å². The molecule has 1 aromatic heterocycles. The van der Waals surface area contributed by atoms with Crippen molar-refractivity contribution in [3.05, 3.63) is 24.0 Å². The number of nitrogens with one attached hydrogen (secondary N) is 1. The number of hydrogen-bond donors (Lipinski definition) is 1. The molecule has 1 amide bonds. The van der Waals surface area contributed by atoms with E-state index in [0.29, 0.717) is 13.1 Å². The van der Waals surface area contributed by atoms with E-state index < -0.39 is 5.60 Å². The minimum absolute atomic E-state index is 0.128. The molecule has 2 heterocycles. The zero-order chi connectivity index (χ0) is 13.9. The van der Waals surface area contributed by atoms with Gasteiger partial charge in [-0.05, 0) is 32.9 Å². The highest BCUT2D eigenvalue weighted by molar-refractivity contribution is 5.69. The molecule has 1 aliphatic heterocycles. The maximum atomic E-state index is 12.2. The largest absolute Gasteiger partial charge is 0.444 e. The Morgan fingerprint density at radius 2 is 2.32 bits per heavy atom. The second-order valence-corrected chi connectivity index (χ2v) is 5.54. The average molecular weight is 264 g/mol. The normalized spacial score (nSPS) is 20.2. The van der Waals surface area contributed by atoms with Crippen LogP contribution in [0.25, 0.3) is 0 Å². The van der Waals surface area contributed by atoms with Gasteiger partial charge in [0.05, 0.1) is 11.7 Å². The van der Waals surface area contributed by atoms with Crippen LogP contribution in [0.1, 0.15) is 32.5 Å². The Hall–Kier alpha value is -1.69. The van der Waals surface area contributed by atoms with Gasteiger partial charge in [-0.15, -0.1) is 0 Å². The van der Waals surface area contributed by atoms with Crippen LogP contribution in [0.2, 0.25) is 0 Å². The molecular weight excluding hydrogens is 244 g/mol. The van der Waals surface area contributed by atoms with Crippen LogP contribution in [0.4, 0.5) is 4.79 Å². The molecule has 0 saturated carbocycles. The first kappa shape index (κ1) is 13.7. The van der Waals surface area contributed by atoms with Crippen molar-refractivity contribution in [2.45, 2.75) is 32.4 Å². The summed E-state index contributed by atoms with van der Waals surface area (Å²) in [7, 11) is 0. The van der Waals surface area contributed by atoms with Crippen LogP contribution in [0.5, 0.6) is 0 Å². The van der Waals surface area contributed by atoms with E-state index in [1.807, 2.05) is 32.9 Å². The molecule has 0 spiro atoms. The summed E-state index contributed by atoms with van der Waals surface area (Å²) in [5, 5.41) is 11.2. The number of ether oxygens (including phenoxy) is 1. The molecule has 2 rings (SSSR count). The van der Waals surface area contributed by atoms with E-state index in [-0.39, 0.29) is 12.1 Å². The van der Waals surface area contributed by atoms with Gasteiger partial charge in [-0.2, -0.15) is 10.2 Å². The van der Waals surface area contributed by atoms with Crippen molar-refractivity contribution in [2.24, 2.45) is 0 Å². The Kier molecular flexibility index (Phi) is 3.99. The molecule has 104 valence electrons. The molecule has 1 saturated heterocycles. The molecule has 1 unspecified atom stereocenters. The van der Waals surface area contributed by atoms with Gasteiger partial charge in [-0.3, -0.25) is 4.90 Å². The van der Waals surface area contributed by atoms with E-state index >= 15 is 0 Å². The monoisotopic (exact) mass is 264 g/mol. The van der Waals surface area contributed by atoms with E-state index in [1.54, 1.807) is 11.1 Å². The van der Waals surface area contributed by atoms with Gasteiger partial charge < -0.3 is 10.1 Å². The quantitative estimate of drug-likeness (QED) is 0.829. The first-order valence-corrected chi connectivity index (χ1v) is 6.45. The van der Waals surface area contributed by atoms with E-state index in [1.165, 1.54) is 0 Å². The average Bonchev–Trinajstić information content (AvgIpc) is 2.38. The molecule has 1 fully saturated rings. The highest BCUT2D eigenvalue weighted by Crippen LogP contribution is 2.22. The summed E-state index contributed by atoms with van der Waals surface area (Å²) in [6, 6.07) is 3.57. The summed E-state index contributed by atoms with van der Waals surface area (Å²) in [6.45, 7) is 7.63. The third kappa shape index (κ3) is 3.64. The summed E-state index contributed by atoms with van der Waals surface area (Å²) in [4.78, 5) is 13.9. The van der Waals surface area contributed by atoms with Gasteiger partial charge in [-0.25, -0.2) is 4.79 Å². The van der Waals surface area contributed by atoms with Crippen LogP contribution in [-0.2, 0) is 4.74 Å². The van der Waals surface area contributed by atoms with E-state index in [2.05, 4.69) is 15.5 Å². The van der Waals surface area contributed by atoms with E-state index in [0.717, 1.165) is 12.2 Å². The number of piperazine rings is 1. The number of carbonyl (C=O) groups excluding carboxylic acids is 1. The van der Waals surface area contributed by atoms with Crippen LogP contribution in [-0.4, -0.2) is 46.4 Å². The molecule has 6 nitrogen and oxygen atoms in total. The third-order valence-corrected chi connectivity index (χ3v) is 2.81. The lowest BCUT2D eigenvalue weighted by molar-refractivity contribution is 0.0112. The molecule has 1 atom stereocenters. The van der Waals surface area contributed by atoms with Gasteiger partial charge in [0.25, 0.3) is 0 Å². The lowest BCUT2D eigenvalue weighted by Crippen LogP contribution is -2.50. The molecule has 0 bridgehead atoms. The maximum Gasteiger partial charge on any atom is 0.410 e. The maximum absolute atomic E-state index is 12.2. The van der Waals surface area contributed by atoms with Crippen molar-refractivity contribution in [3.63, 3.8) is 0 Å². The summed E-state index contributed by atoms with van der Waals surface area (Å²) >= 11 is 0. The molecule has 19 heavy (non-hydrogen) atoms. The number of nitrogens with zero attached hydrogens (tertiary/aromatic N) is 3. The van der Waals surface area contributed by atoms with Crippen LogP contribution < -0.4 is 5.32 Å². The van der Waals surface area contributed by atoms with Crippen molar-refractivity contribution >= 4 is 6.09 Å². The lowest BCUT2D eigenvalue weighted by Gasteiger charge is -2.36. The van der Waals surface area contributed by atoms with Crippen LogP contribution in [0.3, 0.4) is 0 Å². The van der Waals surface area contributed by atoms with Crippen molar-refractivity contribution < 1.29 is 9.53 Å². The molecule has 1 aliphatic rings. The van der Waals surface area contributed by atoms with Gasteiger partial charge in [0.1, 0.15) is 5.60 Å². The van der Waals surface area contributed by atoms with Gasteiger partial charge in [-0.1, -0.05) is 0 Å². The van der Waals surface area contributed by atoms with Crippen molar-refractivity contribution in [1.82, 2.24) is 20.4 Å². The molecule has 0 aliphatic carbocycles. The molecule has 1 aromatic rings. The molecule has 6 heteroatoms. The standard InChI is InChI=1S/C13H20N4O2/c1-13(2,3)19-12(18)17-8-7-14-9-11(17)10-5-4-6-15-16-10/h4-6,11,14H,7-9H2,1-3H3. The fraction of sp³-hybridized carbons (Fsp3) is 0.615. The minimum atomic E-state index is -0.491. The summed E-state index contributed by atoms with van der Waals surface area (Å²) in [5.41, 5.74) is 0.287. The van der Waals surface area contributed by atoms with Gasteiger partial charge >= 0.3 is 6.09 Å². The molecule has 1 N–H and O–H groups in total. The Balaban J connectivity index is 2.15. The van der Waals surface area contributed by atoms with Crippen molar-refractivity contribution in [3.8, 4) is 0 Å².